The zero-order chi connectivity index (χ0) is 16.9. The molecule has 0 atom stereocenters. The summed E-state index contributed by atoms with van der Waals surface area (Å²) in [5.41, 5.74) is 2.04. The number of rotatable bonds is 3. The number of thiocarbonyl (C=S) groups is 1. The number of carbonyl (C=O) groups is 1. The Kier molecular flexibility index (Phi) is 5.68. The monoisotopic (exact) mass is 451 g/mol. The number of nitrogens with zero attached hydrogens (tertiary/aromatic N) is 3. The number of benzene rings is 2. The third kappa shape index (κ3) is 3.87. The molecule has 1 fully saturated rings. The maximum atomic E-state index is 11.6. The van der Waals surface area contributed by atoms with Crippen LogP contribution in [-0.4, -0.2) is 42.6 Å². The molecular weight excluding hydrogens is 433 g/mol. The average Bonchev–Trinajstić information content (AvgIpc) is 2.64. The zero-order valence-corrected chi connectivity index (χ0v) is 16.1. The third-order valence-corrected chi connectivity index (χ3v) is 5.26. The normalized spacial score (nSPS) is 14.4. The molecule has 2 aromatic rings. The van der Waals surface area contributed by atoms with Gasteiger partial charge in [0, 0.05) is 35.4 Å². The van der Waals surface area contributed by atoms with Crippen molar-refractivity contribution in [1.82, 2.24) is 4.90 Å². The van der Waals surface area contributed by atoms with Crippen molar-refractivity contribution in [3.8, 4) is 0 Å². The van der Waals surface area contributed by atoms with E-state index in [0.717, 1.165) is 41.8 Å². The summed E-state index contributed by atoms with van der Waals surface area (Å²) in [4.78, 5) is 17.5. The number of hydrogen-bond acceptors (Lipinski definition) is 3. The first-order chi connectivity index (χ1) is 11.7. The molecule has 0 spiro atoms. The Balaban J connectivity index is 1.65. The van der Waals surface area contributed by atoms with E-state index >= 15 is 0 Å². The van der Waals surface area contributed by atoms with Crippen LogP contribution >= 0.6 is 34.8 Å². The molecule has 0 N–H and O–H groups in total. The summed E-state index contributed by atoms with van der Waals surface area (Å²) in [5.74, 6) is 0. The summed E-state index contributed by atoms with van der Waals surface area (Å²) in [6.45, 7) is 3.40. The van der Waals surface area contributed by atoms with Gasteiger partial charge in [0.2, 0.25) is 6.41 Å². The molecule has 1 saturated heterocycles. The van der Waals surface area contributed by atoms with E-state index in [1.807, 2.05) is 30.3 Å². The Bertz CT molecular complexity index is 700. The van der Waals surface area contributed by atoms with Crippen molar-refractivity contribution in [3.63, 3.8) is 0 Å². The van der Waals surface area contributed by atoms with Crippen LogP contribution in [0.1, 0.15) is 0 Å². The second-order valence-corrected chi connectivity index (χ2v) is 7.15. The number of para-hydroxylation sites is 1. The Morgan fingerprint density at radius 1 is 1.00 bits per heavy atom. The molecule has 24 heavy (non-hydrogen) atoms. The minimum absolute atomic E-state index is 0.568. The highest BCUT2D eigenvalue weighted by Gasteiger charge is 2.23. The van der Waals surface area contributed by atoms with Crippen LogP contribution < -0.4 is 9.80 Å². The molecule has 4 nitrogen and oxygen atoms in total. The van der Waals surface area contributed by atoms with Gasteiger partial charge >= 0.3 is 0 Å². The summed E-state index contributed by atoms with van der Waals surface area (Å²) in [6.07, 6.45) is 0.800. The first kappa shape index (κ1) is 17.2. The van der Waals surface area contributed by atoms with Crippen molar-refractivity contribution in [2.24, 2.45) is 0 Å². The number of piperazine rings is 1. The summed E-state index contributed by atoms with van der Waals surface area (Å²) in [5, 5.41) is 0.568. The Labute approximate surface area is 161 Å². The van der Waals surface area contributed by atoms with Crippen molar-refractivity contribution in [2.75, 3.05) is 36.0 Å². The van der Waals surface area contributed by atoms with Gasteiger partial charge in [0.15, 0.2) is 5.11 Å². The van der Waals surface area contributed by atoms with E-state index < -0.39 is 0 Å². The molecule has 0 aromatic heterocycles. The van der Waals surface area contributed by atoms with Crippen LogP contribution in [0, 0.1) is 3.57 Å². The average molecular weight is 451 g/mol. The van der Waals surface area contributed by atoms with E-state index in [0.29, 0.717) is 5.11 Å². The summed E-state index contributed by atoms with van der Waals surface area (Å²) >= 11 is 7.81. The maximum Gasteiger partial charge on any atom is 0.220 e. The predicted octanol–water partition coefficient (Wildman–Crippen LogP) is 3.36. The van der Waals surface area contributed by atoms with Gasteiger partial charge in [0.05, 0.1) is 5.69 Å². The van der Waals surface area contributed by atoms with Crippen molar-refractivity contribution in [1.29, 1.82) is 0 Å². The smallest absolute Gasteiger partial charge is 0.220 e. The van der Waals surface area contributed by atoms with Crippen molar-refractivity contribution in [3.05, 3.63) is 58.2 Å². The minimum Gasteiger partial charge on any atom is -0.368 e. The molecule has 0 aliphatic carbocycles. The van der Waals surface area contributed by atoms with Gasteiger partial charge in [-0.3, -0.25) is 9.69 Å². The lowest BCUT2D eigenvalue weighted by Gasteiger charge is -2.39. The topological polar surface area (TPSA) is 26.8 Å². The van der Waals surface area contributed by atoms with Crippen molar-refractivity contribution >= 4 is 57.7 Å². The Morgan fingerprint density at radius 3 is 2.21 bits per heavy atom. The van der Waals surface area contributed by atoms with Crippen LogP contribution in [0.15, 0.2) is 54.6 Å². The molecule has 0 bridgehead atoms. The van der Waals surface area contributed by atoms with Gasteiger partial charge in [0.25, 0.3) is 0 Å². The molecular formula is C18H18IN3OS. The van der Waals surface area contributed by atoms with Gasteiger partial charge in [-0.2, -0.15) is 0 Å². The van der Waals surface area contributed by atoms with Crippen LogP contribution in [0.4, 0.5) is 11.4 Å². The van der Waals surface area contributed by atoms with Crippen LogP contribution in [0.5, 0.6) is 0 Å². The lowest BCUT2D eigenvalue weighted by atomic mass is 10.2. The lowest BCUT2D eigenvalue weighted by Crippen LogP contribution is -2.52. The summed E-state index contributed by atoms with van der Waals surface area (Å²) in [7, 11) is 0. The molecule has 3 rings (SSSR count). The fourth-order valence-electron chi connectivity index (χ4n) is 2.77. The van der Waals surface area contributed by atoms with Gasteiger partial charge in [0.1, 0.15) is 0 Å². The van der Waals surface area contributed by atoms with Gasteiger partial charge < -0.3 is 9.80 Å². The van der Waals surface area contributed by atoms with E-state index in [2.05, 4.69) is 56.7 Å². The number of halogens is 1. The van der Waals surface area contributed by atoms with E-state index in [1.54, 1.807) is 4.90 Å². The van der Waals surface area contributed by atoms with Gasteiger partial charge in [-0.25, -0.2) is 0 Å². The van der Waals surface area contributed by atoms with Crippen LogP contribution in [-0.2, 0) is 4.79 Å². The van der Waals surface area contributed by atoms with E-state index in [4.69, 9.17) is 12.2 Å². The molecule has 0 saturated carbocycles. The molecule has 1 aliphatic rings. The lowest BCUT2D eigenvalue weighted by molar-refractivity contribution is -0.106. The largest absolute Gasteiger partial charge is 0.368 e. The number of hydrogen-bond donors (Lipinski definition) is 0. The highest BCUT2D eigenvalue weighted by atomic mass is 127. The van der Waals surface area contributed by atoms with Crippen LogP contribution in [0.3, 0.4) is 0 Å². The first-order valence-electron chi connectivity index (χ1n) is 7.78. The Hall–Kier alpha value is -1.67. The van der Waals surface area contributed by atoms with Gasteiger partial charge in [-0.05, 0) is 71.2 Å². The summed E-state index contributed by atoms with van der Waals surface area (Å²) in [6, 6.07) is 18.2. The highest BCUT2D eigenvalue weighted by Crippen LogP contribution is 2.19. The fraction of sp³-hybridized carbons (Fsp3) is 0.222. The van der Waals surface area contributed by atoms with Crippen LogP contribution in [0.25, 0.3) is 0 Å². The summed E-state index contributed by atoms with van der Waals surface area (Å²) < 4.78 is 1.13. The van der Waals surface area contributed by atoms with E-state index in [1.165, 1.54) is 5.69 Å². The molecule has 1 aliphatic heterocycles. The highest BCUT2D eigenvalue weighted by molar-refractivity contribution is 14.1. The van der Waals surface area contributed by atoms with Crippen LogP contribution in [0.2, 0.25) is 0 Å². The second kappa shape index (κ2) is 7.94. The quantitative estimate of drug-likeness (QED) is 0.407. The SMILES string of the molecule is O=CN(C(=S)N1CCN(c2ccccc2)CC1)c1ccc(I)cc1. The van der Waals surface area contributed by atoms with E-state index in [-0.39, 0.29) is 0 Å². The van der Waals surface area contributed by atoms with Crippen molar-refractivity contribution < 1.29 is 4.79 Å². The molecule has 2 aromatic carbocycles. The minimum atomic E-state index is 0.568. The standard InChI is InChI=1S/C18H18IN3OS/c19-15-6-8-17(9-7-15)22(14-23)18(24)21-12-10-20(11-13-21)16-4-2-1-3-5-16/h1-9,14H,10-13H2. The molecule has 6 heteroatoms. The third-order valence-electron chi connectivity index (χ3n) is 4.09. The second-order valence-electron chi connectivity index (χ2n) is 5.54. The molecule has 0 radical (unpaired) electrons. The molecule has 124 valence electrons. The Morgan fingerprint density at radius 2 is 1.62 bits per heavy atom. The molecule has 1 amide bonds. The maximum absolute atomic E-state index is 11.6. The first-order valence-corrected chi connectivity index (χ1v) is 9.27. The van der Waals surface area contributed by atoms with Crippen molar-refractivity contribution in [2.45, 2.75) is 0 Å². The fourth-order valence-corrected chi connectivity index (χ4v) is 3.46. The van der Waals surface area contributed by atoms with E-state index in [9.17, 15) is 4.79 Å². The zero-order valence-electron chi connectivity index (χ0n) is 13.1. The van der Waals surface area contributed by atoms with Gasteiger partial charge in [-0.15, -0.1) is 0 Å². The number of anilines is 2. The predicted molar refractivity (Wildman–Crippen MR) is 111 cm³/mol. The number of carbonyl (C=O) groups excluding carboxylic acids is 1. The molecule has 1 heterocycles. The van der Waals surface area contributed by atoms with Gasteiger partial charge in [-0.1, -0.05) is 18.2 Å². The number of amides is 1. The molecule has 0 unspecified atom stereocenters.